The summed E-state index contributed by atoms with van der Waals surface area (Å²) >= 11 is 0. The first-order valence-corrected chi connectivity index (χ1v) is 8.92. The minimum atomic E-state index is -0.246. The summed E-state index contributed by atoms with van der Waals surface area (Å²) in [5.41, 5.74) is 1.85. The lowest BCUT2D eigenvalue weighted by Gasteiger charge is -2.20. The van der Waals surface area contributed by atoms with Gasteiger partial charge in [0.15, 0.2) is 0 Å². The Hall–Kier alpha value is -3.13. The molecule has 27 heavy (non-hydrogen) atoms. The van der Waals surface area contributed by atoms with Crippen LogP contribution >= 0.6 is 0 Å². The first-order chi connectivity index (χ1) is 13.2. The lowest BCUT2D eigenvalue weighted by molar-refractivity contribution is 0.0913. The number of urea groups is 1. The summed E-state index contributed by atoms with van der Waals surface area (Å²) in [6.07, 6.45) is 7.81. The van der Waals surface area contributed by atoms with Crippen molar-refractivity contribution in [3.05, 3.63) is 66.5 Å². The van der Waals surface area contributed by atoms with Crippen LogP contribution in [0, 0.1) is 0 Å². The molecule has 1 fully saturated rings. The number of imidazole rings is 1. The highest BCUT2D eigenvalue weighted by molar-refractivity contribution is 5.89. The van der Waals surface area contributed by atoms with Gasteiger partial charge in [-0.1, -0.05) is 12.1 Å². The zero-order valence-electron chi connectivity index (χ0n) is 15.1. The third-order valence-electron chi connectivity index (χ3n) is 4.64. The lowest BCUT2D eigenvalue weighted by atomic mass is 10.1. The van der Waals surface area contributed by atoms with Crippen molar-refractivity contribution in [2.24, 2.45) is 7.05 Å². The van der Waals surface area contributed by atoms with Crippen LogP contribution in [0.5, 0.6) is 0 Å². The molecule has 1 saturated heterocycles. The number of ether oxygens (including phenoxy) is 1. The van der Waals surface area contributed by atoms with E-state index in [4.69, 9.17) is 4.74 Å². The molecule has 1 aliphatic heterocycles. The molecule has 8 heteroatoms. The normalized spacial score (nSPS) is 19.1. The molecular formula is C19H22N6O2. The molecule has 140 valence electrons. The fourth-order valence-electron chi connectivity index (χ4n) is 3.25. The third-order valence-corrected chi connectivity index (χ3v) is 4.64. The van der Waals surface area contributed by atoms with Gasteiger partial charge >= 0.3 is 6.03 Å². The number of amides is 2. The van der Waals surface area contributed by atoms with Crippen molar-refractivity contribution < 1.29 is 9.53 Å². The maximum Gasteiger partial charge on any atom is 0.319 e. The average molecular weight is 366 g/mol. The molecule has 2 atom stereocenters. The predicted octanol–water partition coefficient (Wildman–Crippen LogP) is 2.32. The molecule has 2 amide bonds. The van der Waals surface area contributed by atoms with Crippen molar-refractivity contribution in [2.75, 3.05) is 11.9 Å². The number of aromatic nitrogens is 4. The minimum Gasteiger partial charge on any atom is -0.368 e. The molecule has 8 nitrogen and oxygen atoms in total. The first kappa shape index (κ1) is 17.3. The first-order valence-electron chi connectivity index (χ1n) is 8.92. The van der Waals surface area contributed by atoms with E-state index in [-0.39, 0.29) is 18.2 Å². The smallest absolute Gasteiger partial charge is 0.319 e. The summed E-state index contributed by atoms with van der Waals surface area (Å²) in [6.45, 7) is 1.30. The Kier molecular flexibility index (Phi) is 4.88. The molecule has 4 rings (SSSR count). The van der Waals surface area contributed by atoms with E-state index in [1.165, 1.54) is 0 Å². The number of aryl methyl sites for hydroxylation is 1. The SMILES string of the molecule is Cn1ccnc1[C@@H]1OCC[C@H]1NC(=O)Nc1ccc(Cn2cccn2)cc1. The number of carbonyl (C=O) groups is 1. The van der Waals surface area contributed by atoms with Crippen molar-refractivity contribution in [1.29, 1.82) is 0 Å². The number of anilines is 1. The van der Waals surface area contributed by atoms with E-state index in [2.05, 4.69) is 20.7 Å². The Morgan fingerprint density at radius 3 is 2.81 bits per heavy atom. The van der Waals surface area contributed by atoms with Gasteiger partial charge < -0.3 is 19.9 Å². The molecule has 2 aromatic heterocycles. The van der Waals surface area contributed by atoms with Crippen molar-refractivity contribution in [3.8, 4) is 0 Å². The van der Waals surface area contributed by atoms with Crippen molar-refractivity contribution in [1.82, 2.24) is 24.6 Å². The molecule has 1 aromatic carbocycles. The van der Waals surface area contributed by atoms with Crippen molar-refractivity contribution >= 4 is 11.7 Å². The van der Waals surface area contributed by atoms with Crippen molar-refractivity contribution in [3.63, 3.8) is 0 Å². The molecular weight excluding hydrogens is 344 g/mol. The Morgan fingerprint density at radius 2 is 2.11 bits per heavy atom. The maximum atomic E-state index is 12.4. The molecule has 0 bridgehead atoms. The minimum absolute atomic E-state index is 0.106. The summed E-state index contributed by atoms with van der Waals surface area (Å²) in [4.78, 5) is 16.7. The van der Waals surface area contributed by atoms with Gasteiger partial charge in [-0.05, 0) is 30.2 Å². The van der Waals surface area contributed by atoms with E-state index in [0.29, 0.717) is 13.2 Å². The van der Waals surface area contributed by atoms with Crippen LogP contribution < -0.4 is 10.6 Å². The number of nitrogens with one attached hydrogen (secondary N) is 2. The van der Waals surface area contributed by atoms with Crippen LogP contribution in [0.4, 0.5) is 10.5 Å². The molecule has 0 aliphatic carbocycles. The van der Waals surface area contributed by atoms with Gasteiger partial charge in [-0.15, -0.1) is 0 Å². The monoisotopic (exact) mass is 366 g/mol. The van der Waals surface area contributed by atoms with Gasteiger partial charge in [0.1, 0.15) is 11.9 Å². The van der Waals surface area contributed by atoms with Gasteiger partial charge in [-0.25, -0.2) is 9.78 Å². The highest BCUT2D eigenvalue weighted by Crippen LogP contribution is 2.27. The standard InChI is InChI=1S/C19H22N6O2/c1-24-11-9-20-18(24)17-16(7-12-27-17)23-19(26)22-15-5-3-14(4-6-15)13-25-10-2-8-21-25/h2-6,8-11,16-17H,7,12-13H2,1H3,(H2,22,23,26)/t16-,17-/m1/s1. The molecule has 0 unspecified atom stereocenters. The second-order valence-corrected chi connectivity index (χ2v) is 6.58. The molecule has 1 aliphatic rings. The topological polar surface area (TPSA) is 86.0 Å². The predicted molar refractivity (Wildman–Crippen MR) is 100 cm³/mol. The Balaban J connectivity index is 1.34. The van der Waals surface area contributed by atoms with Gasteiger partial charge in [-0.2, -0.15) is 5.10 Å². The molecule has 0 radical (unpaired) electrons. The van der Waals surface area contributed by atoms with Gasteiger partial charge in [-0.3, -0.25) is 4.68 Å². The van der Waals surface area contributed by atoms with Crippen LogP contribution in [0.3, 0.4) is 0 Å². The number of nitrogens with zero attached hydrogens (tertiary/aromatic N) is 4. The number of benzene rings is 1. The zero-order chi connectivity index (χ0) is 18.6. The Morgan fingerprint density at radius 1 is 1.26 bits per heavy atom. The molecule has 3 aromatic rings. The fourth-order valence-corrected chi connectivity index (χ4v) is 3.25. The maximum absolute atomic E-state index is 12.4. The number of rotatable bonds is 5. The van der Waals surface area contributed by atoms with Crippen molar-refractivity contribution in [2.45, 2.75) is 25.1 Å². The van der Waals surface area contributed by atoms with Gasteiger partial charge in [0.25, 0.3) is 0 Å². The lowest BCUT2D eigenvalue weighted by Crippen LogP contribution is -2.40. The van der Waals surface area contributed by atoms with Gasteiger partial charge in [0.05, 0.1) is 12.6 Å². The quantitative estimate of drug-likeness (QED) is 0.726. The largest absolute Gasteiger partial charge is 0.368 e. The number of hydrogen-bond donors (Lipinski definition) is 2. The van der Waals surface area contributed by atoms with Crippen LogP contribution in [-0.4, -0.2) is 38.0 Å². The van der Waals surface area contributed by atoms with Crippen LogP contribution in [0.2, 0.25) is 0 Å². The van der Waals surface area contributed by atoms with E-state index in [0.717, 1.165) is 23.5 Å². The van der Waals surface area contributed by atoms with Crippen LogP contribution in [0.1, 0.15) is 23.9 Å². The summed E-state index contributed by atoms with van der Waals surface area (Å²) in [5, 5.41) is 10.1. The van der Waals surface area contributed by atoms with Gasteiger partial charge in [0.2, 0.25) is 0 Å². The summed E-state index contributed by atoms with van der Waals surface area (Å²) in [5.74, 6) is 0.820. The summed E-state index contributed by atoms with van der Waals surface area (Å²) in [6, 6.07) is 9.28. The second kappa shape index (κ2) is 7.63. The molecule has 0 spiro atoms. The highest BCUT2D eigenvalue weighted by Gasteiger charge is 2.33. The van der Waals surface area contributed by atoms with Crippen LogP contribution in [0.25, 0.3) is 0 Å². The van der Waals surface area contributed by atoms with E-state index in [1.807, 2.05) is 59.0 Å². The second-order valence-electron chi connectivity index (χ2n) is 6.58. The number of hydrogen-bond acceptors (Lipinski definition) is 4. The average Bonchev–Trinajstić information content (AvgIpc) is 3.39. The van der Waals surface area contributed by atoms with E-state index in [1.54, 1.807) is 12.4 Å². The highest BCUT2D eigenvalue weighted by atomic mass is 16.5. The molecule has 3 heterocycles. The molecule has 2 N–H and O–H groups in total. The van der Waals surface area contributed by atoms with E-state index >= 15 is 0 Å². The van der Waals surface area contributed by atoms with Crippen LogP contribution in [-0.2, 0) is 18.3 Å². The Labute approximate surface area is 157 Å². The Bertz CT molecular complexity index is 887. The van der Waals surface area contributed by atoms with E-state index < -0.39 is 0 Å². The molecule has 0 saturated carbocycles. The van der Waals surface area contributed by atoms with E-state index in [9.17, 15) is 4.79 Å². The van der Waals surface area contributed by atoms with Crippen LogP contribution in [0.15, 0.2) is 55.1 Å². The van der Waals surface area contributed by atoms with Gasteiger partial charge in [0, 0.05) is 44.1 Å². The fraction of sp³-hybridized carbons (Fsp3) is 0.316. The summed E-state index contributed by atoms with van der Waals surface area (Å²) in [7, 11) is 1.92. The third kappa shape index (κ3) is 4.01. The number of carbonyl (C=O) groups excluding carboxylic acids is 1. The summed E-state index contributed by atoms with van der Waals surface area (Å²) < 4.78 is 9.55. The zero-order valence-corrected chi connectivity index (χ0v) is 15.1.